The molecule has 0 aromatic heterocycles. The average Bonchev–Trinajstić information content (AvgIpc) is 1.44. The Labute approximate surface area is 912 Å². The molecule has 0 radical (unpaired) electrons. The molecule has 1 fully saturated rings. The molecule has 17 N–H and O–H groups in total. The molecule has 2 aliphatic heterocycles. The summed E-state index contributed by atoms with van der Waals surface area (Å²) in [5.41, 5.74) is 46.7. The van der Waals surface area contributed by atoms with Crippen LogP contribution in [0.3, 0.4) is 0 Å². The summed E-state index contributed by atoms with van der Waals surface area (Å²) in [5.74, 6) is 4.92. The van der Waals surface area contributed by atoms with Gasteiger partial charge in [0.2, 0.25) is 0 Å². The summed E-state index contributed by atoms with van der Waals surface area (Å²) in [4.78, 5) is 21.0. The molecule has 11 aromatic rings. The van der Waals surface area contributed by atoms with Gasteiger partial charge in [0.15, 0.2) is 11.6 Å². The third-order valence-electron chi connectivity index (χ3n) is 21.5. The number of nitrogens with two attached hydrogens (primary N) is 6. The molecule has 0 amide bonds. The lowest BCUT2D eigenvalue weighted by atomic mass is 9.99. The monoisotopic (exact) mass is 2310 g/mol. The van der Waals surface area contributed by atoms with E-state index in [0.717, 1.165) is 123 Å². The van der Waals surface area contributed by atoms with Crippen molar-refractivity contribution in [1.82, 2.24) is 4.90 Å². The second-order valence-corrected chi connectivity index (χ2v) is 38.3. The Kier molecular flexibility index (Phi) is 64.3. The minimum absolute atomic E-state index is 0.0258. The van der Waals surface area contributed by atoms with Crippen molar-refractivity contribution in [3.8, 4) is 40.2 Å². The van der Waals surface area contributed by atoms with Gasteiger partial charge in [-0.2, -0.15) is 0 Å². The Morgan fingerprint density at radius 1 is 0.553 bits per heavy atom. The summed E-state index contributed by atoms with van der Waals surface area (Å²) in [6.07, 6.45) is 12.8. The maximum Gasteiger partial charge on any atom is 0.164 e. The van der Waals surface area contributed by atoms with Crippen molar-refractivity contribution in [2.75, 3.05) is 85.2 Å². The lowest BCUT2D eigenvalue weighted by molar-refractivity contribution is 0.126. The predicted octanol–water partition coefficient (Wildman–Crippen LogP) is 26.4. The van der Waals surface area contributed by atoms with Crippen LogP contribution in [0.5, 0.6) is 40.2 Å². The summed E-state index contributed by atoms with van der Waals surface area (Å²) in [6, 6.07) is 70.3. The van der Waals surface area contributed by atoms with Crippen molar-refractivity contribution >= 4 is 97.6 Å². The third-order valence-corrected chi connectivity index (χ3v) is 23.1. The van der Waals surface area contributed by atoms with E-state index in [0.29, 0.717) is 124 Å². The first-order valence-corrected chi connectivity index (χ1v) is 51.6. The molecule has 33 heteroatoms. The van der Waals surface area contributed by atoms with Crippen LogP contribution >= 0.6 is 56.8 Å². The normalized spacial score (nSPS) is 12.8. The van der Waals surface area contributed by atoms with Gasteiger partial charge in [0.25, 0.3) is 0 Å². The number of aliphatic hydroxyl groups is 3. The van der Waals surface area contributed by atoms with E-state index in [2.05, 4.69) is 112 Å². The second-order valence-electron chi connectivity index (χ2n) is 35.4. The highest BCUT2D eigenvalue weighted by atomic mass is 123. The lowest BCUT2D eigenvalue weighted by Gasteiger charge is -2.28. The van der Waals surface area contributed by atoms with Gasteiger partial charge in [-0.25, -0.2) is 35.1 Å². The molecule has 0 bridgehead atoms. The van der Waals surface area contributed by atoms with Crippen LogP contribution in [0.15, 0.2) is 287 Å². The van der Waals surface area contributed by atoms with E-state index < -0.39 is 50.5 Å². The van der Waals surface area contributed by atoms with Crippen LogP contribution in [0.25, 0.3) is 6.08 Å². The Morgan fingerprint density at radius 3 is 1.52 bits per heavy atom. The molecule has 0 spiro atoms. The topological polar surface area (TPSA) is 363 Å². The number of phenols is 1. The van der Waals surface area contributed by atoms with Gasteiger partial charge < -0.3 is 93.7 Å². The SMILES string of the molecule is C=C(N)C/C=C/c1ccc(OCCF)cc1.C=C(N)CCC(O)c1ccc(OCCF)cc1.CC(=N)CCCc1ccc(OCCF)c(Cl)c1.CC(C)C(O)c1ccc(F)c(O)c1.CC(N)=NCc1ccc(F)c(C)c1.CC(N)=NCc1ccc(F)c(C)c1.CC(N)=NCc1cccc([123I])c1.CN(C)Cc1ccccc1Oc1ccc([123I])cc1CO.Fc1ccc(N2CCCCC2)cc1.NC1=NC(c2ccc(OCCF)cc2)CC1. The number of anilines is 1. The number of aliphatic imine (C=N–C) groups is 4. The highest BCUT2D eigenvalue weighted by molar-refractivity contribution is 14.1. The molecule has 150 heavy (non-hydrogen) atoms. The van der Waals surface area contributed by atoms with Crippen LogP contribution in [0, 0.1) is 55.6 Å². The summed E-state index contributed by atoms with van der Waals surface area (Å²) in [7, 11) is 4.06. The van der Waals surface area contributed by atoms with Crippen LogP contribution in [0.2, 0.25) is 5.02 Å². The van der Waals surface area contributed by atoms with E-state index >= 15 is 0 Å². The van der Waals surface area contributed by atoms with E-state index in [-0.39, 0.29) is 62.4 Å². The predicted molar refractivity (Wildman–Crippen MR) is 615 cm³/mol. The molecular formula is C117H148ClF8I2N13O9. The van der Waals surface area contributed by atoms with Crippen LogP contribution in [0.1, 0.15) is 191 Å². The number of amidine groups is 4. The van der Waals surface area contributed by atoms with E-state index in [1.807, 2.05) is 155 Å². The van der Waals surface area contributed by atoms with Gasteiger partial charge in [-0.3, -0.25) is 20.0 Å². The molecule has 22 nitrogen and oxygen atoms in total. The molecule has 3 atom stereocenters. The summed E-state index contributed by atoms with van der Waals surface area (Å²) in [6.45, 7) is 24.5. The summed E-state index contributed by atoms with van der Waals surface area (Å²) >= 11 is 10.5. The Hall–Kier alpha value is -12.6. The second kappa shape index (κ2) is 74.4. The molecule has 11 aromatic carbocycles. The fraction of sp³-hybridized carbons (Fsp3) is 0.342. The van der Waals surface area contributed by atoms with Gasteiger partial charge in [-0.15, -0.1) is 0 Å². The van der Waals surface area contributed by atoms with E-state index in [4.69, 9.17) is 80.2 Å². The fourth-order valence-corrected chi connectivity index (χ4v) is 15.1. The number of allylic oxidation sites excluding steroid dienone is 2. The number of benzene rings is 11. The standard InChI is InChI=1S/C16H18INO2.C13H17ClFNO.C13H18FNO2.C13H16FNO.C12H15FN2O.C11H14FN.2C10H13FN2.C10H13FO2.C9H11IN2/c1-18(2)10-12-5-3-4-6-15(12)20-16-8-7-14(17)9-13(16)11-19;1-10(16)3-2-4-11-5-6-13(12(14)9-11)17-8-7-15;1-10(15)2-7-13(16)11-3-5-12(6-4-11)17-9-8-14;1-11(15)3-2-4-12-5-7-13(8-6-12)16-10-9-14;13-7-8-16-10-3-1-9(2-4-10)11-5-6-12(14)15-11;12-10-4-6-11(7-5-10)13-8-2-1-3-9-13;2*1-7-5-9(3-4-10(7)11)6-13-8(2)12;1-6(2)10(13)7-3-4-8(11)9(12)5-7;1-7(11)12-6-8-3-2-4-9(10)5-8/h3-9,19H,10-11H2,1-2H3;5-6,9,16H,2-4,7-8H2,1H3;3-6,13,16H,1-2,7-9,15H2;2,4-8H,1,3,9-10,15H2;1-4,11H,5-8H2,(H2,14,15);4-7H,1-3,8-9H2;2*3-5H,6H2,1-2H3,(H2,12,13);3-6,10,12-13H,1-2H3;2-5H,6H2,1H3,(H2,11,12)/b;;;4-2+;;;;;;/i17-4;;;;;;;;;10-4. The molecule has 0 aliphatic carbocycles. The number of phenolic OH excluding ortho intramolecular Hbond substituents is 1. The number of aliphatic hydroxyl groups excluding tert-OH is 3. The minimum atomic E-state index is -0.667. The van der Waals surface area contributed by atoms with Crippen molar-refractivity contribution in [2.45, 2.75) is 177 Å². The molecule has 2 heterocycles. The first kappa shape index (κ1) is 130. The first-order chi connectivity index (χ1) is 71.6. The van der Waals surface area contributed by atoms with Crippen LogP contribution in [-0.2, 0) is 39.2 Å². The van der Waals surface area contributed by atoms with Crippen LogP contribution in [0.4, 0.5) is 40.8 Å². The lowest BCUT2D eigenvalue weighted by Crippen LogP contribution is -2.29. The quantitative estimate of drug-likeness (QED) is 0.00741. The smallest absolute Gasteiger partial charge is 0.164 e. The largest absolute Gasteiger partial charge is 0.505 e. The van der Waals surface area contributed by atoms with Gasteiger partial charge in [0.05, 0.1) is 72.9 Å². The maximum atomic E-state index is 12.8. The van der Waals surface area contributed by atoms with E-state index in [1.54, 1.807) is 96.1 Å². The van der Waals surface area contributed by atoms with Crippen molar-refractivity contribution < 1.29 is 79.2 Å². The number of piperidine rings is 1. The molecule has 2 aliphatic rings. The van der Waals surface area contributed by atoms with Gasteiger partial charge in [0.1, 0.15) is 105 Å². The van der Waals surface area contributed by atoms with Crippen molar-refractivity contribution in [3.05, 3.63) is 369 Å². The highest BCUT2D eigenvalue weighted by Gasteiger charge is 2.19. The molecule has 1 saturated heterocycles. The number of nitrogens with zero attached hydrogens (tertiary/aromatic N) is 6. The number of alkyl halides is 4. The van der Waals surface area contributed by atoms with Crippen LogP contribution in [-0.4, -0.2) is 135 Å². The van der Waals surface area contributed by atoms with E-state index in [1.165, 1.54) is 64.8 Å². The Bertz CT molecular complexity index is 5870. The number of rotatable bonds is 38. The number of aromatic hydroxyl groups is 1. The fourth-order valence-electron chi connectivity index (χ4n) is 13.7. The van der Waals surface area contributed by atoms with Crippen molar-refractivity contribution in [3.63, 3.8) is 0 Å². The highest BCUT2D eigenvalue weighted by Crippen LogP contribution is 2.34. The van der Waals surface area contributed by atoms with Crippen molar-refractivity contribution in [2.24, 2.45) is 60.3 Å². The molecule has 3 unspecified atom stereocenters. The number of hydrogen-bond acceptors (Lipinski definition) is 19. The number of ether oxygens (including phenoxy) is 5. The number of nitrogens with one attached hydrogen (secondary N) is 1. The number of para-hydroxylation sites is 1. The average molecular weight is 2310 g/mol. The van der Waals surface area contributed by atoms with Crippen molar-refractivity contribution in [1.29, 1.82) is 5.41 Å². The van der Waals surface area contributed by atoms with E-state index in [9.17, 15) is 50.4 Å². The van der Waals surface area contributed by atoms with Gasteiger partial charge in [-0.05, 0) is 354 Å². The Morgan fingerprint density at radius 2 is 1.05 bits per heavy atom. The third kappa shape index (κ3) is 56.3. The molecule has 812 valence electrons. The van der Waals surface area contributed by atoms with Gasteiger partial charge in [-0.1, -0.05) is 154 Å². The zero-order chi connectivity index (χ0) is 111. The molecular weight excluding hydrogens is 2160 g/mol. The Balaban J connectivity index is 0.000000348. The molecule has 0 saturated carbocycles. The summed E-state index contributed by atoms with van der Waals surface area (Å²) < 4.78 is 127. The maximum absolute atomic E-state index is 12.8. The van der Waals surface area contributed by atoms with Crippen LogP contribution < -0.4 is 63.0 Å². The van der Waals surface area contributed by atoms with Gasteiger partial charge >= 0.3 is 0 Å². The minimum Gasteiger partial charge on any atom is -0.505 e. The zero-order valence-electron chi connectivity index (χ0n) is 87.4. The zero-order valence-corrected chi connectivity index (χ0v) is 92.5. The summed E-state index contributed by atoms with van der Waals surface area (Å²) in [5, 5.41) is 45.8. The number of aryl methyl sites for hydroxylation is 3. The first-order valence-electron chi connectivity index (χ1n) is 49.0. The number of halogens is 11. The number of hydrogen-bond donors (Lipinski definition) is 11. The van der Waals surface area contributed by atoms with Gasteiger partial charge in [0, 0.05) is 73.5 Å². The molecule has 13 rings (SSSR count).